The molecule has 4 aromatic carbocycles. The van der Waals surface area contributed by atoms with Gasteiger partial charge in [-0.1, -0.05) is 101 Å². The molecule has 20 rings (SSSR count). The van der Waals surface area contributed by atoms with Crippen LogP contribution < -0.4 is 11.6 Å². The maximum Gasteiger partial charge on any atom is 0.488 e. The third-order valence-electron chi connectivity index (χ3n) is 22.8. The molecule has 1 unspecified atom stereocenters. The van der Waals surface area contributed by atoms with Crippen LogP contribution in [0.1, 0.15) is 182 Å². The van der Waals surface area contributed by atoms with Gasteiger partial charge in [0.2, 0.25) is 0 Å². The molecular formula is C65H88BBrCl2NO3P. The van der Waals surface area contributed by atoms with Crippen LogP contribution >= 0.6 is 49.0 Å². The highest BCUT2D eigenvalue weighted by atomic mass is 79.9. The van der Waals surface area contributed by atoms with Gasteiger partial charge in [0.25, 0.3) is 0 Å². The van der Waals surface area contributed by atoms with Gasteiger partial charge >= 0.3 is 7.12 Å². The van der Waals surface area contributed by atoms with Crippen LogP contribution in [0.2, 0.25) is 10.0 Å². The highest BCUT2D eigenvalue weighted by Crippen LogP contribution is 2.64. The lowest BCUT2D eigenvalue weighted by molar-refractivity contribution is -0.00303. The summed E-state index contributed by atoms with van der Waals surface area (Å²) in [5, 5.41) is 20.5. The minimum Gasteiger partial charge on any atom is -0.423 e. The van der Waals surface area contributed by atoms with Crippen LogP contribution in [-0.4, -0.2) is 22.6 Å². The summed E-state index contributed by atoms with van der Waals surface area (Å²) in [6, 6.07) is 31.0. The number of hydrogen-bond acceptors (Lipinski definition) is 3. The monoisotopic (exact) mass is 1120 g/mol. The van der Waals surface area contributed by atoms with Crippen LogP contribution in [0.5, 0.6) is 0 Å². The minimum absolute atomic E-state index is 0. The second kappa shape index (κ2) is 22.4. The summed E-state index contributed by atoms with van der Waals surface area (Å²) >= 11 is 16.6. The maximum atomic E-state index is 9.35. The Labute approximate surface area is 467 Å². The van der Waals surface area contributed by atoms with Gasteiger partial charge in [0.05, 0.1) is 0 Å². The Hall–Kier alpha value is -1.73. The highest BCUT2D eigenvalue weighted by molar-refractivity contribution is 9.10. The van der Waals surface area contributed by atoms with Crippen molar-refractivity contribution in [2.45, 2.75) is 160 Å². The van der Waals surface area contributed by atoms with Crippen LogP contribution in [0.15, 0.2) is 89.4 Å². The molecule has 16 fully saturated rings. The van der Waals surface area contributed by atoms with Gasteiger partial charge in [-0.15, -0.1) is 0 Å². The van der Waals surface area contributed by atoms with E-state index in [1.165, 1.54) is 149 Å². The summed E-state index contributed by atoms with van der Waals surface area (Å²) in [5.74, 6) is 18.4. The molecule has 0 spiro atoms. The van der Waals surface area contributed by atoms with Gasteiger partial charge in [-0.3, -0.25) is 0 Å². The lowest BCUT2D eigenvalue weighted by Gasteiger charge is -2.55. The largest absolute Gasteiger partial charge is 0.488 e. The summed E-state index contributed by atoms with van der Waals surface area (Å²) in [4.78, 5) is 0. The summed E-state index contributed by atoms with van der Waals surface area (Å²) < 4.78 is 1.27. The Morgan fingerprint density at radius 3 is 1.15 bits per heavy atom. The van der Waals surface area contributed by atoms with E-state index in [4.69, 9.17) is 23.2 Å². The van der Waals surface area contributed by atoms with E-state index in [-0.39, 0.29) is 29.0 Å². The molecule has 400 valence electrons. The third kappa shape index (κ3) is 10.4. The lowest BCUT2D eigenvalue weighted by atomic mass is 9.50. The molecule has 16 saturated carbocycles. The van der Waals surface area contributed by atoms with Gasteiger partial charge in [0.15, 0.2) is 0 Å². The predicted molar refractivity (Wildman–Crippen MR) is 318 cm³/mol. The fraction of sp³-hybridized carbons (Fsp3) is 0.631. The zero-order valence-electron chi connectivity index (χ0n) is 43.3. The second-order valence-electron chi connectivity index (χ2n) is 26.9. The Balaban J connectivity index is 0.000000132. The molecule has 0 heterocycles. The summed E-state index contributed by atoms with van der Waals surface area (Å²) in [7, 11) is -1.34. The average molecular weight is 1120 g/mol. The fourth-order valence-electron chi connectivity index (χ4n) is 21.5. The summed E-state index contributed by atoms with van der Waals surface area (Å²) in [5.41, 5.74) is 9.65. The van der Waals surface area contributed by atoms with E-state index < -0.39 is 7.12 Å². The zero-order valence-corrected chi connectivity index (χ0v) is 47.8. The molecule has 0 aliphatic heterocycles. The molecule has 4 aromatic rings. The third-order valence-corrected chi connectivity index (χ3v) is 24.0. The number of halogens is 3. The molecule has 16 bridgehead atoms. The fourth-order valence-corrected chi connectivity index (χ4v) is 22.4. The van der Waals surface area contributed by atoms with E-state index in [1.807, 2.05) is 24.3 Å². The predicted octanol–water partition coefficient (Wildman–Crippen LogP) is 16.7. The Kier molecular flexibility index (Phi) is 16.8. The first-order chi connectivity index (χ1) is 34.1. The van der Waals surface area contributed by atoms with Gasteiger partial charge in [-0.05, 0) is 316 Å². The molecule has 16 aliphatic carbocycles. The van der Waals surface area contributed by atoms with E-state index in [2.05, 4.69) is 76.6 Å². The highest BCUT2D eigenvalue weighted by Gasteiger charge is 2.52. The van der Waals surface area contributed by atoms with Crippen molar-refractivity contribution in [1.29, 1.82) is 0 Å². The topological polar surface area (TPSA) is 107 Å². The summed E-state index contributed by atoms with van der Waals surface area (Å²) in [6.07, 6.45) is 29.5. The molecule has 74 heavy (non-hydrogen) atoms. The minimum atomic E-state index is -1.34. The first-order valence-electron chi connectivity index (χ1n) is 28.9. The molecule has 0 aromatic heterocycles. The molecule has 0 amide bonds. The molecular weight excluding hydrogens is 1040 g/mol. The smallest absolute Gasteiger partial charge is 0.423 e. The van der Waals surface area contributed by atoms with Crippen LogP contribution in [0.3, 0.4) is 0 Å². The lowest BCUT2D eigenvalue weighted by Crippen LogP contribution is -2.44. The van der Waals surface area contributed by atoms with Crippen molar-refractivity contribution in [3.63, 3.8) is 0 Å². The van der Waals surface area contributed by atoms with Crippen molar-refractivity contribution in [3.05, 3.63) is 122 Å². The number of benzene rings is 4. The average Bonchev–Trinajstić information content (AvgIpc) is 3.32. The van der Waals surface area contributed by atoms with Crippen molar-refractivity contribution in [2.24, 2.45) is 94.7 Å². The summed E-state index contributed by atoms with van der Waals surface area (Å²) in [6.45, 7) is 0. The molecule has 4 nitrogen and oxygen atoms in total. The SMILES string of the molecule is C.Clc1ccc(-c2cccc(C3C4CC5CC(C4)CC3C5)c2)c(C2C3CC4CC(C3)CC2C4)c1.Clc1ccc(Br)c(C2C3CC4CC(C3)CC2C4)c1.N.O.OB(O)c1cccc(C2C3CC4CC(C3)CC2C4)c1.P. The first-order valence-corrected chi connectivity index (χ1v) is 30.4. The van der Waals surface area contributed by atoms with E-state index in [1.54, 1.807) is 17.5 Å². The standard InChI is InChI=1S/C32H37Cl.C16H21BO2.C16H18BrCl.CH4.H3N.H2O.H3P/c33-28-4-5-29(30(17-28)32-26-12-20-7-21(14-26)15-27(32)13-20)22-2-1-3-23(16-22)31-24-8-18-6-19(10-24)11-25(31)9-18;18-17(19)15-3-1-2-12(9-15)16-13-5-10-4-11(7-13)8-14(16)6-10;17-15-2-1-13(18)8-14(15)16-11-4-9-3-10(6-11)7-12(16)5-9;;;;/h1-5,16-21,24-27,31-32H,6-15H2;1-3,9-11,13-14,16,18-19H,4-8H2;1-2,8-12,16H,3-7H2;1H4;1H3;1H2;1H3. The van der Waals surface area contributed by atoms with Crippen molar-refractivity contribution in [2.75, 3.05) is 0 Å². The van der Waals surface area contributed by atoms with E-state index >= 15 is 0 Å². The Morgan fingerprint density at radius 1 is 0.405 bits per heavy atom. The van der Waals surface area contributed by atoms with Gasteiger partial charge in [-0.25, -0.2) is 0 Å². The quantitative estimate of drug-likeness (QED) is 0.132. The number of hydrogen-bond donors (Lipinski definition) is 3. The van der Waals surface area contributed by atoms with Crippen LogP contribution in [0, 0.1) is 94.7 Å². The molecule has 9 heteroatoms. The van der Waals surface area contributed by atoms with Crippen LogP contribution in [0.4, 0.5) is 0 Å². The van der Waals surface area contributed by atoms with Crippen molar-refractivity contribution < 1.29 is 15.5 Å². The van der Waals surface area contributed by atoms with Gasteiger partial charge < -0.3 is 21.7 Å². The van der Waals surface area contributed by atoms with Gasteiger partial charge in [0.1, 0.15) is 0 Å². The van der Waals surface area contributed by atoms with E-state index in [0.29, 0.717) is 11.4 Å². The first kappa shape index (κ1) is 55.6. The van der Waals surface area contributed by atoms with Crippen LogP contribution in [0.25, 0.3) is 11.1 Å². The molecule has 1 atom stereocenters. The molecule has 16 aliphatic rings. The second-order valence-corrected chi connectivity index (χ2v) is 28.6. The van der Waals surface area contributed by atoms with Crippen molar-refractivity contribution >= 4 is 61.6 Å². The maximum absolute atomic E-state index is 9.35. The van der Waals surface area contributed by atoms with Crippen molar-refractivity contribution in [3.8, 4) is 11.1 Å². The zero-order chi connectivity index (χ0) is 46.9. The van der Waals surface area contributed by atoms with Crippen molar-refractivity contribution in [1.82, 2.24) is 6.15 Å². The normalized spacial score (nSPS) is 40.1. The van der Waals surface area contributed by atoms with Crippen LogP contribution in [-0.2, 0) is 0 Å². The van der Waals surface area contributed by atoms with Gasteiger partial charge in [-0.2, -0.15) is 9.90 Å². The van der Waals surface area contributed by atoms with E-state index in [9.17, 15) is 10.0 Å². The molecule has 0 radical (unpaired) electrons. The Morgan fingerprint density at radius 2 is 0.743 bits per heavy atom. The molecule has 0 saturated heterocycles. The van der Waals surface area contributed by atoms with E-state index in [0.717, 1.165) is 122 Å². The Bertz CT molecular complexity index is 2500. The molecule has 7 N–H and O–H groups in total. The number of rotatable bonds is 6. The van der Waals surface area contributed by atoms with Gasteiger partial charge in [0, 0.05) is 14.5 Å².